The minimum Gasteiger partial charge on any atom is -0.487 e. The first-order valence-electron chi connectivity index (χ1n) is 12.3. The zero-order valence-electron chi connectivity index (χ0n) is 19.8. The monoisotopic (exact) mass is 479 g/mol. The van der Waals surface area contributed by atoms with Crippen molar-refractivity contribution in [3.63, 3.8) is 0 Å². The number of hydrogen-bond acceptors (Lipinski definition) is 5. The van der Waals surface area contributed by atoms with E-state index in [1.807, 2.05) is 36.4 Å². The number of aromatic nitrogens is 1. The number of H-pyrrole nitrogens is 1. The van der Waals surface area contributed by atoms with Crippen molar-refractivity contribution in [1.29, 1.82) is 0 Å². The molecule has 3 aromatic rings. The molecule has 2 heterocycles. The van der Waals surface area contributed by atoms with E-state index >= 15 is 0 Å². The van der Waals surface area contributed by atoms with E-state index in [0.717, 1.165) is 48.6 Å². The van der Waals surface area contributed by atoms with Gasteiger partial charge in [0, 0.05) is 35.2 Å². The third kappa shape index (κ3) is 6.61. The number of carbonyl (C=O) groups excluding carboxylic acids is 2. The van der Waals surface area contributed by atoms with Gasteiger partial charge in [0.1, 0.15) is 18.5 Å². The smallest absolute Gasteiger partial charge is 0.253 e. The van der Waals surface area contributed by atoms with E-state index in [1.165, 1.54) is 5.69 Å². The number of nitrogens with one attached hydrogen (secondary N) is 3. The highest BCUT2D eigenvalue weighted by Crippen LogP contribution is 2.29. The first-order valence-corrected chi connectivity index (χ1v) is 12.3. The number of unbranched alkanes of at least 4 members (excludes halogenated alkanes) is 2. The summed E-state index contributed by atoms with van der Waals surface area (Å²) in [6.45, 7) is 0.909. The van der Waals surface area contributed by atoms with Crippen LogP contribution in [-0.4, -0.2) is 34.7 Å². The van der Waals surface area contributed by atoms with E-state index in [-0.39, 0.29) is 12.3 Å². The number of amides is 2. The van der Waals surface area contributed by atoms with Gasteiger partial charge in [0.05, 0.1) is 5.69 Å². The highest BCUT2D eigenvalue weighted by Gasteiger charge is 2.21. The number of para-hydroxylation sites is 3. The molecule has 8 nitrogen and oxygen atoms in total. The standard InChI is InChI=1S/C27H33N3O5/c31-26(30-33)16-3-1-2-15-25-27(32)29-23-13-6-7-14-24(23)35-18-20-19-10-4-5-11-21(19)28-22(20)12-8-9-17-34-25/h4-7,10-11,13-14,25,28,33H,1-3,8-9,12,15-18H2,(H,29,32)(H,30,31). The van der Waals surface area contributed by atoms with Crippen LogP contribution < -0.4 is 15.5 Å². The highest BCUT2D eigenvalue weighted by molar-refractivity contribution is 5.95. The minimum atomic E-state index is -0.582. The Morgan fingerprint density at radius 1 is 1.06 bits per heavy atom. The van der Waals surface area contributed by atoms with Gasteiger partial charge in [-0.05, 0) is 50.3 Å². The molecule has 2 amide bonds. The zero-order chi connectivity index (χ0) is 24.5. The predicted octanol–water partition coefficient (Wildman–Crippen LogP) is 4.86. The highest BCUT2D eigenvalue weighted by atomic mass is 16.5. The van der Waals surface area contributed by atoms with E-state index in [0.29, 0.717) is 37.5 Å². The molecule has 4 N–H and O–H groups in total. The molecule has 1 aromatic heterocycles. The lowest BCUT2D eigenvalue weighted by Gasteiger charge is -2.20. The van der Waals surface area contributed by atoms with E-state index < -0.39 is 12.0 Å². The van der Waals surface area contributed by atoms with Crippen molar-refractivity contribution in [2.45, 2.75) is 64.1 Å². The summed E-state index contributed by atoms with van der Waals surface area (Å²) in [5.41, 5.74) is 5.67. The van der Waals surface area contributed by atoms with Crippen LogP contribution in [0.25, 0.3) is 10.9 Å². The van der Waals surface area contributed by atoms with Gasteiger partial charge >= 0.3 is 0 Å². The van der Waals surface area contributed by atoms with Gasteiger partial charge in [-0.15, -0.1) is 0 Å². The summed E-state index contributed by atoms with van der Waals surface area (Å²) >= 11 is 0. The molecule has 1 aliphatic heterocycles. The number of ether oxygens (including phenoxy) is 2. The van der Waals surface area contributed by atoms with E-state index in [9.17, 15) is 9.59 Å². The Hall–Kier alpha value is -3.36. The van der Waals surface area contributed by atoms with Crippen molar-refractivity contribution in [2.24, 2.45) is 0 Å². The molecular formula is C27H33N3O5. The fraction of sp³-hybridized carbons (Fsp3) is 0.407. The summed E-state index contributed by atoms with van der Waals surface area (Å²) in [5, 5.41) is 12.8. The van der Waals surface area contributed by atoms with Crippen LogP contribution in [0.2, 0.25) is 0 Å². The molecule has 0 aliphatic carbocycles. The summed E-state index contributed by atoms with van der Waals surface area (Å²) in [6, 6.07) is 15.7. The van der Waals surface area contributed by atoms with Crippen LogP contribution in [0.4, 0.5) is 5.69 Å². The van der Waals surface area contributed by atoms with Crippen LogP contribution in [0.15, 0.2) is 48.5 Å². The van der Waals surface area contributed by atoms with Crippen molar-refractivity contribution < 1.29 is 24.3 Å². The number of fused-ring (bicyclic) bond motifs is 4. The van der Waals surface area contributed by atoms with Gasteiger partial charge in [0.25, 0.3) is 5.91 Å². The Bertz CT molecular complexity index is 1140. The van der Waals surface area contributed by atoms with E-state index in [4.69, 9.17) is 14.7 Å². The molecule has 1 atom stereocenters. The number of anilines is 1. The first-order chi connectivity index (χ1) is 17.2. The largest absolute Gasteiger partial charge is 0.487 e. The van der Waals surface area contributed by atoms with Gasteiger partial charge in [-0.1, -0.05) is 43.2 Å². The predicted molar refractivity (Wildman–Crippen MR) is 133 cm³/mol. The van der Waals surface area contributed by atoms with Crippen molar-refractivity contribution in [2.75, 3.05) is 11.9 Å². The van der Waals surface area contributed by atoms with Gasteiger partial charge in [-0.2, -0.15) is 0 Å². The second kappa shape index (κ2) is 12.4. The zero-order valence-corrected chi connectivity index (χ0v) is 19.8. The van der Waals surface area contributed by atoms with Gasteiger partial charge in [0.15, 0.2) is 0 Å². The molecule has 2 aromatic carbocycles. The van der Waals surface area contributed by atoms with E-state index in [1.54, 1.807) is 5.48 Å². The molecule has 0 bridgehead atoms. The SMILES string of the molecule is O=C(CCCCCC1OCCCCc2[nH]c3ccccc3c2COc2ccccc2NC1=O)NO. The second-order valence-electron chi connectivity index (χ2n) is 8.85. The second-order valence-corrected chi connectivity index (χ2v) is 8.85. The summed E-state index contributed by atoms with van der Waals surface area (Å²) in [4.78, 5) is 27.8. The van der Waals surface area contributed by atoms with Crippen LogP contribution in [0.1, 0.15) is 56.2 Å². The average molecular weight is 480 g/mol. The summed E-state index contributed by atoms with van der Waals surface area (Å²) in [6.07, 6.45) is 5.04. The average Bonchev–Trinajstić information content (AvgIpc) is 3.23. The molecule has 0 saturated heterocycles. The fourth-order valence-electron chi connectivity index (χ4n) is 4.46. The Morgan fingerprint density at radius 2 is 1.89 bits per heavy atom. The summed E-state index contributed by atoms with van der Waals surface area (Å²) in [7, 11) is 0. The first kappa shape index (κ1) is 24.8. The molecule has 0 spiro atoms. The van der Waals surface area contributed by atoms with Crippen molar-refractivity contribution in [3.8, 4) is 5.75 Å². The number of benzene rings is 2. The normalized spacial score (nSPS) is 16.9. The lowest BCUT2D eigenvalue weighted by atomic mass is 10.1. The Kier molecular flexibility index (Phi) is 8.75. The molecule has 4 rings (SSSR count). The summed E-state index contributed by atoms with van der Waals surface area (Å²) in [5.74, 6) is 0.0219. The lowest BCUT2D eigenvalue weighted by Crippen LogP contribution is -2.31. The molecule has 0 saturated carbocycles. The number of rotatable bonds is 6. The molecule has 0 radical (unpaired) electrons. The van der Waals surface area contributed by atoms with Gasteiger partial charge in [-0.3, -0.25) is 14.8 Å². The Balaban J connectivity index is 1.48. The third-order valence-electron chi connectivity index (χ3n) is 6.35. The Labute approximate surface area is 205 Å². The van der Waals surface area contributed by atoms with E-state index in [2.05, 4.69) is 22.4 Å². The van der Waals surface area contributed by atoms with Crippen LogP contribution >= 0.6 is 0 Å². The van der Waals surface area contributed by atoms with Gasteiger partial charge in [0.2, 0.25) is 5.91 Å². The number of aryl methyl sites for hydroxylation is 1. The number of hydroxylamine groups is 1. The van der Waals surface area contributed by atoms with Crippen LogP contribution in [-0.2, 0) is 27.4 Å². The molecular weight excluding hydrogens is 446 g/mol. The summed E-state index contributed by atoms with van der Waals surface area (Å²) < 4.78 is 12.2. The maximum Gasteiger partial charge on any atom is 0.253 e. The van der Waals surface area contributed by atoms with Crippen LogP contribution in [0.3, 0.4) is 0 Å². The maximum atomic E-state index is 13.1. The topological polar surface area (TPSA) is 113 Å². The molecule has 8 heteroatoms. The van der Waals surface area contributed by atoms with Crippen molar-refractivity contribution in [3.05, 3.63) is 59.8 Å². The molecule has 1 unspecified atom stereocenters. The third-order valence-corrected chi connectivity index (χ3v) is 6.35. The molecule has 35 heavy (non-hydrogen) atoms. The van der Waals surface area contributed by atoms with Gasteiger partial charge in [-0.25, -0.2) is 5.48 Å². The number of hydrogen-bond donors (Lipinski definition) is 4. The van der Waals surface area contributed by atoms with Gasteiger partial charge < -0.3 is 19.8 Å². The van der Waals surface area contributed by atoms with Crippen molar-refractivity contribution in [1.82, 2.24) is 10.5 Å². The quantitative estimate of drug-likeness (QED) is 0.229. The fourth-order valence-corrected chi connectivity index (χ4v) is 4.46. The molecule has 1 aliphatic rings. The Morgan fingerprint density at radius 3 is 2.77 bits per heavy atom. The molecule has 186 valence electrons. The minimum absolute atomic E-state index is 0.195. The number of aromatic amines is 1. The number of carbonyl (C=O) groups is 2. The van der Waals surface area contributed by atoms with Crippen LogP contribution in [0.5, 0.6) is 5.75 Å². The lowest BCUT2D eigenvalue weighted by molar-refractivity contribution is -0.129. The molecule has 0 fully saturated rings. The van der Waals surface area contributed by atoms with Crippen molar-refractivity contribution >= 4 is 28.4 Å². The van der Waals surface area contributed by atoms with Crippen LogP contribution in [0, 0.1) is 0 Å². The maximum absolute atomic E-state index is 13.1.